The van der Waals surface area contributed by atoms with Crippen molar-refractivity contribution in [2.75, 3.05) is 44.3 Å². The molecule has 2 saturated heterocycles. The van der Waals surface area contributed by atoms with E-state index >= 15 is 0 Å². The zero-order chi connectivity index (χ0) is 13.8. The molecule has 0 spiro atoms. The molecule has 1 aromatic carbocycles. The maximum Gasteiger partial charge on any atom is 0.143 e. The van der Waals surface area contributed by atoms with E-state index in [9.17, 15) is 4.39 Å². The molecule has 1 atom stereocenters. The molecule has 20 heavy (non-hydrogen) atoms. The number of ether oxygens (including phenoxy) is 2. The summed E-state index contributed by atoms with van der Waals surface area (Å²) < 4.78 is 24.9. The maximum absolute atomic E-state index is 13.6. The predicted octanol–water partition coefficient (Wildman–Crippen LogP) is 1.79. The highest BCUT2D eigenvalue weighted by Crippen LogP contribution is 2.31. The van der Waals surface area contributed by atoms with Crippen LogP contribution in [0.3, 0.4) is 0 Å². The number of rotatable bonds is 3. The van der Waals surface area contributed by atoms with Crippen LogP contribution in [0, 0.1) is 5.82 Å². The molecule has 1 aromatic rings. The Balaban J connectivity index is 1.80. The highest BCUT2D eigenvalue weighted by Gasteiger charge is 2.21. The second kappa shape index (κ2) is 6.41. The van der Waals surface area contributed by atoms with Gasteiger partial charge in [0.1, 0.15) is 17.7 Å². The Bertz CT molecular complexity index is 441. The van der Waals surface area contributed by atoms with Crippen LogP contribution in [-0.4, -0.2) is 45.5 Å². The van der Waals surface area contributed by atoms with E-state index in [0.29, 0.717) is 6.61 Å². The molecule has 1 N–H and O–H groups in total. The standard InChI is InChI=1S/C15H21FN2O2/c16-12-2-3-15(20-13-4-9-19-11-13)14(10-12)18-7-1-5-17-6-8-18/h2-3,10,13,17H,1,4-9,11H2. The van der Waals surface area contributed by atoms with E-state index < -0.39 is 0 Å². The van der Waals surface area contributed by atoms with Gasteiger partial charge in [0.25, 0.3) is 0 Å². The molecular formula is C15H21FN2O2. The van der Waals surface area contributed by atoms with Crippen molar-refractivity contribution in [3.8, 4) is 5.75 Å². The summed E-state index contributed by atoms with van der Waals surface area (Å²) in [6, 6.07) is 4.78. The third kappa shape index (κ3) is 3.22. The lowest BCUT2D eigenvalue weighted by atomic mass is 10.2. The van der Waals surface area contributed by atoms with E-state index in [1.54, 1.807) is 12.1 Å². The van der Waals surface area contributed by atoms with Gasteiger partial charge >= 0.3 is 0 Å². The number of nitrogens with zero attached hydrogens (tertiary/aromatic N) is 1. The molecule has 0 aromatic heterocycles. The molecular weight excluding hydrogens is 259 g/mol. The van der Waals surface area contributed by atoms with Gasteiger partial charge in [-0.15, -0.1) is 0 Å². The summed E-state index contributed by atoms with van der Waals surface area (Å²) >= 11 is 0. The Morgan fingerprint density at radius 3 is 3.10 bits per heavy atom. The smallest absolute Gasteiger partial charge is 0.143 e. The largest absolute Gasteiger partial charge is 0.486 e. The fourth-order valence-corrected chi connectivity index (χ4v) is 2.71. The van der Waals surface area contributed by atoms with Crippen LogP contribution >= 0.6 is 0 Å². The average molecular weight is 280 g/mol. The molecule has 110 valence electrons. The van der Waals surface area contributed by atoms with Crippen molar-refractivity contribution in [2.24, 2.45) is 0 Å². The molecule has 2 heterocycles. The van der Waals surface area contributed by atoms with Crippen LogP contribution in [0.15, 0.2) is 18.2 Å². The number of benzene rings is 1. The van der Waals surface area contributed by atoms with Crippen LogP contribution in [0.1, 0.15) is 12.8 Å². The lowest BCUT2D eigenvalue weighted by Crippen LogP contribution is -2.29. The minimum absolute atomic E-state index is 0.0873. The van der Waals surface area contributed by atoms with Crippen LogP contribution < -0.4 is 15.0 Å². The summed E-state index contributed by atoms with van der Waals surface area (Å²) in [5.74, 6) is 0.552. The van der Waals surface area contributed by atoms with Crippen LogP contribution in [0.5, 0.6) is 5.75 Å². The van der Waals surface area contributed by atoms with Crippen molar-refractivity contribution in [1.29, 1.82) is 0 Å². The van der Waals surface area contributed by atoms with E-state index in [1.165, 1.54) is 6.07 Å². The summed E-state index contributed by atoms with van der Waals surface area (Å²) in [7, 11) is 0. The number of nitrogens with one attached hydrogen (secondary N) is 1. The second-order valence-corrected chi connectivity index (χ2v) is 5.31. The maximum atomic E-state index is 13.6. The van der Waals surface area contributed by atoms with Crippen molar-refractivity contribution in [1.82, 2.24) is 5.32 Å². The topological polar surface area (TPSA) is 33.7 Å². The lowest BCUT2D eigenvalue weighted by molar-refractivity contribution is 0.141. The van der Waals surface area contributed by atoms with Gasteiger partial charge in [0.2, 0.25) is 0 Å². The monoisotopic (exact) mass is 280 g/mol. The molecule has 0 bridgehead atoms. The molecule has 0 amide bonds. The Kier molecular flexibility index (Phi) is 4.38. The van der Waals surface area contributed by atoms with Crippen LogP contribution in [0.25, 0.3) is 0 Å². The SMILES string of the molecule is Fc1ccc(OC2CCOC2)c(N2CCCNCC2)c1. The van der Waals surface area contributed by atoms with Crippen LogP contribution in [0.4, 0.5) is 10.1 Å². The van der Waals surface area contributed by atoms with Crippen LogP contribution in [0.2, 0.25) is 0 Å². The Morgan fingerprint density at radius 1 is 1.30 bits per heavy atom. The number of anilines is 1. The molecule has 0 aliphatic carbocycles. The molecule has 2 fully saturated rings. The molecule has 3 rings (SSSR count). The van der Waals surface area contributed by atoms with Gasteiger partial charge in [0, 0.05) is 32.1 Å². The molecule has 0 saturated carbocycles. The first-order chi connectivity index (χ1) is 9.83. The highest BCUT2D eigenvalue weighted by atomic mass is 19.1. The predicted molar refractivity (Wildman–Crippen MR) is 76.0 cm³/mol. The Morgan fingerprint density at radius 2 is 2.25 bits per heavy atom. The summed E-state index contributed by atoms with van der Waals surface area (Å²) in [6.07, 6.45) is 2.05. The van der Waals surface area contributed by atoms with E-state index in [2.05, 4.69) is 10.2 Å². The number of hydrogen-bond donors (Lipinski definition) is 1. The van der Waals surface area contributed by atoms with E-state index in [-0.39, 0.29) is 11.9 Å². The Hall–Kier alpha value is -1.33. The van der Waals surface area contributed by atoms with Crippen molar-refractivity contribution >= 4 is 5.69 Å². The molecule has 5 heteroatoms. The Labute approximate surface area is 118 Å². The number of halogens is 1. The first kappa shape index (κ1) is 13.6. The van der Waals surface area contributed by atoms with Crippen molar-refractivity contribution in [3.05, 3.63) is 24.0 Å². The van der Waals surface area contributed by atoms with Gasteiger partial charge in [0.05, 0.1) is 18.9 Å². The van der Waals surface area contributed by atoms with E-state index in [1.807, 2.05) is 0 Å². The summed E-state index contributed by atoms with van der Waals surface area (Å²) in [5.41, 5.74) is 0.862. The fraction of sp³-hybridized carbons (Fsp3) is 0.600. The zero-order valence-corrected chi connectivity index (χ0v) is 11.6. The van der Waals surface area contributed by atoms with Crippen LogP contribution in [-0.2, 0) is 4.74 Å². The minimum atomic E-state index is -0.216. The molecule has 1 unspecified atom stereocenters. The van der Waals surface area contributed by atoms with E-state index in [4.69, 9.17) is 9.47 Å². The third-order valence-corrected chi connectivity index (χ3v) is 3.78. The summed E-state index contributed by atoms with van der Waals surface area (Å²) in [4.78, 5) is 2.20. The highest BCUT2D eigenvalue weighted by molar-refractivity contribution is 5.59. The van der Waals surface area contributed by atoms with Gasteiger partial charge in [0.15, 0.2) is 0 Å². The van der Waals surface area contributed by atoms with Gasteiger partial charge < -0.3 is 19.7 Å². The van der Waals surface area contributed by atoms with E-state index in [0.717, 1.165) is 57.1 Å². The quantitative estimate of drug-likeness (QED) is 0.915. The van der Waals surface area contributed by atoms with Gasteiger partial charge in [-0.3, -0.25) is 0 Å². The fourth-order valence-electron chi connectivity index (χ4n) is 2.71. The van der Waals surface area contributed by atoms with Gasteiger partial charge in [-0.1, -0.05) is 0 Å². The molecule has 2 aliphatic heterocycles. The zero-order valence-electron chi connectivity index (χ0n) is 11.6. The first-order valence-electron chi connectivity index (χ1n) is 7.32. The van der Waals surface area contributed by atoms with Crippen molar-refractivity contribution < 1.29 is 13.9 Å². The minimum Gasteiger partial charge on any atom is -0.486 e. The van der Waals surface area contributed by atoms with Crippen molar-refractivity contribution in [3.63, 3.8) is 0 Å². The number of hydrogen-bond acceptors (Lipinski definition) is 4. The van der Waals surface area contributed by atoms with Gasteiger partial charge in [-0.05, 0) is 25.1 Å². The summed E-state index contributed by atoms with van der Waals surface area (Å²) in [5, 5.41) is 3.36. The first-order valence-corrected chi connectivity index (χ1v) is 7.32. The molecule has 4 nitrogen and oxygen atoms in total. The summed E-state index contributed by atoms with van der Waals surface area (Å²) in [6.45, 7) is 5.10. The molecule has 0 radical (unpaired) electrons. The van der Waals surface area contributed by atoms with Crippen molar-refractivity contribution in [2.45, 2.75) is 18.9 Å². The normalized spacial score (nSPS) is 23.6. The average Bonchev–Trinajstić information content (AvgIpc) is 2.81. The lowest BCUT2D eigenvalue weighted by Gasteiger charge is -2.26. The second-order valence-electron chi connectivity index (χ2n) is 5.31. The van der Waals surface area contributed by atoms with Gasteiger partial charge in [-0.25, -0.2) is 4.39 Å². The van der Waals surface area contributed by atoms with Gasteiger partial charge in [-0.2, -0.15) is 0 Å². The molecule has 2 aliphatic rings. The third-order valence-electron chi connectivity index (χ3n) is 3.78.